The second-order valence-corrected chi connectivity index (χ2v) is 7.75. The van der Waals surface area contributed by atoms with E-state index in [-0.39, 0.29) is 13.2 Å². The third-order valence-electron chi connectivity index (χ3n) is 3.31. The lowest BCUT2D eigenvalue weighted by atomic mass is 9.94. The van der Waals surface area contributed by atoms with Gasteiger partial charge in [-0.05, 0) is 32.1 Å². The van der Waals surface area contributed by atoms with Crippen molar-refractivity contribution in [2.45, 2.75) is 38.5 Å². The minimum absolute atomic E-state index is 0.158. The number of likely N-dealkylation sites (N-methyl/N-ethyl adjacent to an activating group) is 1. The highest BCUT2D eigenvalue weighted by Gasteiger charge is 2.13. The average Bonchev–Trinajstić information content (AvgIpc) is 2.34. The lowest BCUT2D eigenvalue weighted by Gasteiger charge is -2.27. The van der Waals surface area contributed by atoms with Crippen LogP contribution in [0.4, 0.5) is 0 Å². The molecule has 0 bridgehead atoms. The molecule has 0 saturated heterocycles. The van der Waals surface area contributed by atoms with Gasteiger partial charge in [-0.1, -0.05) is 18.1 Å². The summed E-state index contributed by atoms with van der Waals surface area (Å²) in [6, 6.07) is 0. The van der Waals surface area contributed by atoms with Gasteiger partial charge in [-0.15, -0.1) is 0 Å². The molecule has 20 heavy (non-hydrogen) atoms. The van der Waals surface area contributed by atoms with Crippen LogP contribution in [0.3, 0.4) is 0 Å². The molecular formula is C14H28NO4P. The zero-order valence-electron chi connectivity index (χ0n) is 13.0. The van der Waals surface area contributed by atoms with Crippen molar-refractivity contribution in [3.8, 4) is 0 Å². The van der Waals surface area contributed by atoms with Crippen LogP contribution in [-0.4, -0.2) is 45.4 Å². The van der Waals surface area contributed by atoms with E-state index in [1.54, 1.807) is 0 Å². The van der Waals surface area contributed by atoms with Gasteiger partial charge in [-0.2, -0.15) is 0 Å². The Bertz CT molecular complexity index is 355. The first-order valence-corrected chi connectivity index (χ1v) is 8.83. The fourth-order valence-electron chi connectivity index (χ4n) is 2.10. The fraction of sp³-hybridized carbons (Fsp3) is 0.857. The first-order valence-electron chi connectivity index (χ1n) is 7.37. The van der Waals surface area contributed by atoms with Crippen molar-refractivity contribution in [1.29, 1.82) is 0 Å². The SMILES string of the molecule is C[N+](C)(C)CCOP(=O)([O-])OCCC=C1CCCCC1. The summed E-state index contributed by atoms with van der Waals surface area (Å²) in [5, 5.41) is 0. The molecule has 1 atom stereocenters. The predicted octanol–water partition coefficient (Wildman–Crippen LogP) is 2.47. The maximum Gasteiger partial charge on any atom is 0.268 e. The molecule has 0 radical (unpaired) electrons. The summed E-state index contributed by atoms with van der Waals surface area (Å²) >= 11 is 0. The third kappa shape index (κ3) is 8.88. The van der Waals surface area contributed by atoms with Crippen molar-refractivity contribution in [2.24, 2.45) is 0 Å². The van der Waals surface area contributed by atoms with Crippen LogP contribution < -0.4 is 4.89 Å². The van der Waals surface area contributed by atoms with Gasteiger partial charge in [-0.25, -0.2) is 0 Å². The smallest absolute Gasteiger partial charge is 0.268 e. The minimum atomic E-state index is -4.14. The monoisotopic (exact) mass is 305 g/mol. The fourth-order valence-corrected chi connectivity index (χ4v) is 2.81. The topological polar surface area (TPSA) is 58.6 Å². The maximum absolute atomic E-state index is 11.5. The molecule has 5 nitrogen and oxygen atoms in total. The Labute approximate surface area is 122 Å². The third-order valence-corrected chi connectivity index (χ3v) is 4.31. The van der Waals surface area contributed by atoms with Crippen LogP contribution in [0.2, 0.25) is 0 Å². The van der Waals surface area contributed by atoms with Gasteiger partial charge in [0.05, 0.1) is 27.7 Å². The Morgan fingerprint density at radius 2 is 1.75 bits per heavy atom. The van der Waals surface area contributed by atoms with Crippen LogP contribution in [0, 0.1) is 0 Å². The molecule has 0 N–H and O–H groups in total. The first kappa shape index (κ1) is 17.9. The van der Waals surface area contributed by atoms with Gasteiger partial charge < -0.3 is 18.4 Å². The number of allylic oxidation sites excluding steroid dienone is 1. The van der Waals surface area contributed by atoms with E-state index < -0.39 is 7.82 Å². The highest BCUT2D eigenvalue weighted by Crippen LogP contribution is 2.38. The van der Waals surface area contributed by atoms with E-state index in [1.807, 2.05) is 21.1 Å². The number of hydrogen-bond donors (Lipinski definition) is 0. The van der Waals surface area contributed by atoms with Gasteiger partial charge in [0.1, 0.15) is 13.2 Å². The molecule has 1 fully saturated rings. The molecule has 1 aliphatic rings. The molecule has 0 aliphatic heterocycles. The molecule has 0 amide bonds. The van der Waals surface area contributed by atoms with E-state index >= 15 is 0 Å². The van der Waals surface area contributed by atoms with E-state index in [0.29, 0.717) is 17.4 Å². The highest BCUT2D eigenvalue weighted by molar-refractivity contribution is 7.45. The molecule has 0 aromatic carbocycles. The largest absolute Gasteiger partial charge is 0.756 e. The van der Waals surface area contributed by atoms with Gasteiger partial charge >= 0.3 is 0 Å². The molecule has 1 rings (SSSR count). The second-order valence-electron chi connectivity index (χ2n) is 6.34. The number of phosphoric ester groups is 1. The van der Waals surface area contributed by atoms with Crippen LogP contribution in [0.1, 0.15) is 38.5 Å². The van der Waals surface area contributed by atoms with Crippen molar-refractivity contribution < 1.29 is 23.0 Å². The van der Waals surface area contributed by atoms with Crippen LogP contribution in [-0.2, 0) is 13.6 Å². The lowest BCUT2D eigenvalue weighted by molar-refractivity contribution is -0.870. The molecule has 118 valence electrons. The average molecular weight is 305 g/mol. The lowest BCUT2D eigenvalue weighted by Crippen LogP contribution is -2.37. The molecule has 0 spiro atoms. The number of rotatable bonds is 8. The molecule has 6 heteroatoms. The van der Waals surface area contributed by atoms with Crippen molar-refractivity contribution in [3.63, 3.8) is 0 Å². The number of hydrogen-bond acceptors (Lipinski definition) is 4. The summed E-state index contributed by atoms with van der Waals surface area (Å²) in [6.07, 6.45) is 8.86. The number of nitrogens with zero attached hydrogens (tertiary/aromatic N) is 1. The van der Waals surface area contributed by atoms with E-state index in [2.05, 4.69) is 6.08 Å². The zero-order chi connectivity index (χ0) is 15.1. The van der Waals surface area contributed by atoms with Gasteiger partial charge in [0.2, 0.25) is 0 Å². The van der Waals surface area contributed by atoms with Crippen LogP contribution in [0.15, 0.2) is 11.6 Å². The van der Waals surface area contributed by atoms with E-state index in [0.717, 1.165) is 12.8 Å². The number of phosphoric acid groups is 1. The maximum atomic E-state index is 11.5. The van der Waals surface area contributed by atoms with Crippen molar-refractivity contribution in [2.75, 3.05) is 40.9 Å². The Morgan fingerprint density at radius 3 is 2.35 bits per heavy atom. The molecular weight excluding hydrogens is 277 g/mol. The Balaban J connectivity index is 2.17. The summed E-state index contributed by atoms with van der Waals surface area (Å²) in [6.45, 7) is 0.958. The van der Waals surface area contributed by atoms with Crippen molar-refractivity contribution in [3.05, 3.63) is 11.6 Å². The summed E-state index contributed by atoms with van der Waals surface area (Å²) in [5.41, 5.74) is 1.44. The number of quaternary nitrogens is 1. The summed E-state index contributed by atoms with van der Waals surface area (Å²) < 4.78 is 21.9. The summed E-state index contributed by atoms with van der Waals surface area (Å²) in [5.74, 6) is 0. The normalized spacial score (nSPS) is 19.7. The Hall–Kier alpha value is -0.190. The predicted molar refractivity (Wildman–Crippen MR) is 78.2 cm³/mol. The molecule has 1 aliphatic carbocycles. The van der Waals surface area contributed by atoms with Crippen LogP contribution in [0.25, 0.3) is 0 Å². The van der Waals surface area contributed by atoms with Gasteiger partial charge in [0, 0.05) is 0 Å². The zero-order valence-corrected chi connectivity index (χ0v) is 13.9. The van der Waals surface area contributed by atoms with Crippen molar-refractivity contribution >= 4 is 7.82 Å². The van der Waals surface area contributed by atoms with Gasteiger partial charge in [-0.3, -0.25) is 4.57 Å². The second kappa shape index (κ2) is 8.30. The molecule has 0 aromatic rings. The van der Waals surface area contributed by atoms with Gasteiger partial charge in [0.25, 0.3) is 7.82 Å². The summed E-state index contributed by atoms with van der Waals surface area (Å²) in [7, 11) is 1.81. The molecule has 1 unspecified atom stereocenters. The minimum Gasteiger partial charge on any atom is -0.756 e. The van der Waals surface area contributed by atoms with Crippen LogP contribution in [0.5, 0.6) is 0 Å². The van der Waals surface area contributed by atoms with Gasteiger partial charge in [0.15, 0.2) is 0 Å². The Morgan fingerprint density at radius 1 is 1.15 bits per heavy atom. The highest BCUT2D eigenvalue weighted by atomic mass is 31.2. The standard InChI is InChI=1S/C14H28NO4P/c1-15(2,3)11-13-19-20(16,17)18-12-7-10-14-8-5-4-6-9-14/h10H,4-9,11-13H2,1-3H3. The molecule has 0 heterocycles. The molecule has 0 aromatic heterocycles. The quantitative estimate of drug-likeness (QED) is 0.299. The summed E-state index contributed by atoms with van der Waals surface area (Å²) in [4.78, 5) is 11.5. The van der Waals surface area contributed by atoms with Crippen LogP contribution >= 0.6 is 7.82 Å². The van der Waals surface area contributed by atoms with E-state index in [9.17, 15) is 9.46 Å². The van der Waals surface area contributed by atoms with E-state index in [4.69, 9.17) is 9.05 Å². The van der Waals surface area contributed by atoms with E-state index in [1.165, 1.54) is 24.8 Å². The first-order chi connectivity index (χ1) is 9.29. The van der Waals surface area contributed by atoms with Crippen molar-refractivity contribution in [1.82, 2.24) is 0 Å². The molecule has 1 saturated carbocycles. The Kier molecular flexibility index (Phi) is 7.41.